The van der Waals surface area contributed by atoms with Crippen LogP contribution in [0.15, 0.2) is 12.4 Å². The second kappa shape index (κ2) is 8.48. The third kappa shape index (κ3) is 6.21. The van der Waals surface area contributed by atoms with Crippen LogP contribution in [-0.2, 0) is 25.5 Å². The number of anilines is 1. The summed E-state index contributed by atoms with van der Waals surface area (Å²) in [6.45, 7) is 1.95. The Hall–Kier alpha value is -1.60. The second-order valence-electron chi connectivity index (χ2n) is 3.65. The van der Waals surface area contributed by atoms with E-state index in [2.05, 4.69) is 5.10 Å². The van der Waals surface area contributed by atoms with Crippen LogP contribution in [0.4, 0.5) is 5.69 Å². The Morgan fingerprint density at radius 3 is 2.89 bits per heavy atom. The van der Waals surface area contributed by atoms with Crippen molar-refractivity contribution in [2.75, 3.05) is 39.3 Å². The largest absolute Gasteiger partial charge is 0.462 e. The Morgan fingerprint density at radius 2 is 2.22 bits per heavy atom. The smallest absolute Gasteiger partial charge is 0.327 e. The normalized spacial score (nSPS) is 10.5. The number of methoxy groups -OCH3 is 1. The average molecular weight is 257 g/mol. The fraction of sp³-hybridized carbons (Fsp3) is 0.636. The molecule has 1 aromatic heterocycles. The highest BCUT2D eigenvalue weighted by Crippen LogP contribution is 1.97. The van der Waals surface area contributed by atoms with Crippen molar-refractivity contribution in [3.63, 3.8) is 0 Å². The molecule has 0 saturated heterocycles. The van der Waals surface area contributed by atoms with Gasteiger partial charge in [-0.3, -0.25) is 9.48 Å². The zero-order valence-corrected chi connectivity index (χ0v) is 10.5. The van der Waals surface area contributed by atoms with Gasteiger partial charge in [-0.2, -0.15) is 5.10 Å². The van der Waals surface area contributed by atoms with E-state index in [1.165, 1.54) is 10.9 Å². The van der Waals surface area contributed by atoms with Crippen LogP contribution in [0.5, 0.6) is 0 Å². The molecule has 2 N–H and O–H groups in total. The summed E-state index contributed by atoms with van der Waals surface area (Å²) in [5.74, 6) is -0.362. The van der Waals surface area contributed by atoms with Crippen molar-refractivity contribution in [3.05, 3.63) is 12.4 Å². The van der Waals surface area contributed by atoms with E-state index in [4.69, 9.17) is 19.9 Å². The Balaban J connectivity index is 2.00. The molecule has 0 bridgehead atoms. The third-order valence-corrected chi connectivity index (χ3v) is 2.07. The number of nitrogens with zero attached hydrogens (tertiary/aromatic N) is 2. The third-order valence-electron chi connectivity index (χ3n) is 2.07. The van der Waals surface area contributed by atoms with Gasteiger partial charge < -0.3 is 19.9 Å². The molecule has 0 saturated carbocycles. The number of rotatable bonds is 9. The lowest BCUT2D eigenvalue weighted by Gasteiger charge is -2.06. The van der Waals surface area contributed by atoms with Crippen molar-refractivity contribution in [2.45, 2.75) is 13.0 Å². The van der Waals surface area contributed by atoms with Crippen molar-refractivity contribution >= 4 is 11.7 Å². The fourth-order valence-electron chi connectivity index (χ4n) is 1.27. The van der Waals surface area contributed by atoms with E-state index in [9.17, 15) is 4.79 Å². The summed E-state index contributed by atoms with van der Waals surface area (Å²) in [6, 6.07) is 0. The Kier molecular flexibility index (Phi) is 6.82. The van der Waals surface area contributed by atoms with Crippen LogP contribution in [0.25, 0.3) is 0 Å². The number of carbonyl (C=O) groups excluding carboxylic acids is 1. The molecule has 7 nitrogen and oxygen atoms in total. The van der Waals surface area contributed by atoms with Gasteiger partial charge in [0.25, 0.3) is 0 Å². The zero-order valence-electron chi connectivity index (χ0n) is 10.5. The van der Waals surface area contributed by atoms with Gasteiger partial charge in [0, 0.05) is 26.5 Å². The molecule has 0 atom stereocenters. The highest BCUT2D eigenvalue weighted by molar-refractivity contribution is 5.69. The van der Waals surface area contributed by atoms with Crippen LogP contribution in [0.3, 0.4) is 0 Å². The monoisotopic (exact) mass is 257 g/mol. The van der Waals surface area contributed by atoms with Crippen LogP contribution in [0.2, 0.25) is 0 Å². The molecule has 0 unspecified atom stereocenters. The number of nitrogens with two attached hydrogens (primary N) is 1. The molecule has 0 aliphatic carbocycles. The van der Waals surface area contributed by atoms with Gasteiger partial charge in [0.1, 0.15) is 13.2 Å². The van der Waals surface area contributed by atoms with E-state index < -0.39 is 0 Å². The minimum absolute atomic E-state index is 0.0564. The van der Waals surface area contributed by atoms with Crippen molar-refractivity contribution in [2.24, 2.45) is 0 Å². The van der Waals surface area contributed by atoms with Gasteiger partial charge in [0.05, 0.1) is 18.5 Å². The number of hydrogen-bond donors (Lipinski definition) is 1. The maximum Gasteiger partial charge on any atom is 0.327 e. The van der Waals surface area contributed by atoms with Gasteiger partial charge in [-0.25, -0.2) is 0 Å². The summed E-state index contributed by atoms with van der Waals surface area (Å²) in [4.78, 5) is 11.4. The van der Waals surface area contributed by atoms with Crippen LogP contribution in [0.1, 0.15) is 6.42 Å². The van der Waals surface area contributed by atoms with Gasteiger partial charge in [-0.1, -0.05) is 0 Å². The standard InChI is InChI=1S/C11H19N3O4/c1-16-3-2-4-17-5-6-18-11(15)9-14-8-10(12)7-13-14/h7-8H,2-6,9,12H2,1H3. The lowest BCUT2D eigenvalue weighted by molar-refractivity contribution is -0.146. The minimum atomic E-state index is -0.362. The number of nitrogen functional groups attached to an aromatic ring is 1. The molecule has 0 spiro atoms. The van der Waals surface area contributed by atoms with Gasteiger partial charge in [-0.15, -0.1) is 0 Å². The molecule has 0 amide bonds. The second-order valence-corrected chi connectivity index (χ2v) is 3.65. The summed E-state index contributed by atoms with van der Waals surface area (Å²) in [5.41, 5.74) is 5.99. The number of carbonyl (C=O) groups is 1. The number of ether oxygens (including phenoxy) is 3. The number of hydrogen-bond acceptors (Lipinski definition) is 6. The van der Waals surface area contributed by atoms with E-state index in [0.29, 0.717) is 25.5 Å². The van der Waals surface area contributed by atoms with Gasteiger partial charge in [-0.05, 0) is 6.42 Å². The maximum atomic E-state index is 11.4. The molecule has 102 valence electrons. The molecule has 0 radical (unpaired) electrons. The molecular weight excluding hydrogens is 238 g/mol. The highest BCUT2D eigenvalue weighted by atomic mass is 16.6. The van der Waals surface area contributed by atoms with Crippen molar-refractivity contribution < 1.29 is 19.0 Å². The molecule has 1 rings (SSSR count). The lowest BCUT2D eigenvalue weighted by atomic mass is 10.5. The van der Waals surface area contributed by atoms with Gasteiger partial charge >= 0.3 is 5.97 Å². The molecule has 0 aromatic carbocycles. The first kappa shape index (κ1) is 14.5. The van der Waals surface area contributed by atoms with Gasteiger partial charge in [0.2, 0.25) is 0 Å². The molecule has 18 heavy (non-hydrogen) atoms. The van der Waals surface area contributed by atoms with E-state index >= 15 is 0 Å². The van der Waals surface area contributed by atoms with Crippen molar-refractivity contribution in [1.82, 2.24) is 9.78 Å². The minimum Gasteiger partial charge on any atom is -0.462 e. The number of esters is 1. The molecule has 7 heteroatoms. The predicted molar refractivity (Wildman–Crippen MR) is 64.9 cm³/mol. The first-order valence-electron chi connectivity index (χ1n) is 5.72. The topological polar surface area (TPSA) is 88.6 Å². The summed E-state index contributed by atoms with van der Waals surface area (Å²) in [5, 5.41) is 3.88. The first-order chi connectivity index (χ1) is 8.72. The van der Waals surface area contributed by atoms with Crippen molar-refractivity contribution in [1.29, 1.82) is 0 Å². The van der Waals surface area contributed by atoms with Crippen molar-refractivity contribution in [3.8, 4) is 0 Å². The SMILES string of the molecule is COCCCOCCOC(=O)Cn1cc(N)cn1. The number of aromatic nitrogens is 2. The molecule has 0 aliphatic rings. The zero-order chi connectivity index (χ0) is 13.2. The van der Waals surface area contributed by atoms with Crippen LogP contribution in [0, 0.1) is 0 Å². The van der Waals surface area contributed by atoms with Gasteiger partial charge in [0.15, 0.2) is 0 Å². The Morgan fingerprint density at radius 1 is 1.39 bits per heavy atom. The molecule has 1 aromatic rings. The lowest BCUT2D eigenvalue weighted by Crippen LogP contribution is -2.17. The van der Waals surface area contributed by atoms with Crippen LogP contribution >= 0.6 is 0 Å². The molecule has 0 fully saturated rings. The Labute approximate surface area is 106 Å². The predicted octanol–water partition coefficient (Wildman–Crippen LogP) is 0.0616. The van der Waals surface area contributed by atoms with Crippen LogP contribution < -0.4 is 5.73 Å². The average Bonchev–Trinajstić information content (AvgIpc) is 2.73. The summed E-state index contributed by atoms with van der Waals surface area (Å²) in [6.07, 6.45) is 3.88. The summed E-state index contributed by atoms with van der Waals surface area (Å²) in [7, 11) is 1.64. The Bertz CT molecular complexity index is 354. The summed E-state index contributed by atoms with van der Waals surface area (Å²) < 4.78 is 16.5. The van der Waals surface area contributed by atoms with E-state index in [1.54, 1.807) is 13.3 Å². The fourth-order valence-corrected chi connectivity index (χ4v) is 1.27. The maximum absolute atomic E-state index is 11.4. The van der Waals surface area contributed by atoms with Crippen LogP contribution in [-0.4, -0.2) is 49.3 Å². The van der Waals surface area contributed by atoms with E-state index in [-0.39, 0.29) is 19.1 Å². The highest BCUT2D eigenvalue weighted by Gasteiger charge is 2.04. The molecular formula is C11H19N3O4. The van der Waals surface area contributed by atoms with E-state index in [0.717, 1.165) is 6.42 Å². The quantitative estimate of drug-likeness (QED) is 0.497. The first-order valence-corrected chi connectivity index (χ1v) is 5.72. The van der Waals surface area contributed by atoms with E-state index in [1.807, 2.05) is 0 Å². The molecule has 1 heterocycles. The molecule has 0 aliphatic heterocycles. The summed E-state index contributed by atoms with van der Waals surface area (Å²) >= 11 is 0.